The van der Waals surface area contributed by atoms with Crippen LogP contribution in [-0.4, -0.2) is 40.0 Å². The molecule has 166 valence electrons. The molecule has 5 nitrogen and oxygen atoms in total. The summed E-state index contributed by atoms with van der Waals surface area (Å²) in [6, 6.07) is 4.05. The van der Waals surface area contributed by atoms with Crippen molar-refractivity contribution >= 4 is 5.91 Å². The Labute approximate surface area is 176 Å². The van der Waals surface area contributed by atoms with Crippen LogP contribution in [0.2, 0.25) is 0 Å². The van der Waals surface area contributed by atoms with E-state index in [1.807, 2.05) is 26.0 Å². The molecule has 4 N–H and O–H groups in total. The number of hydrogen-bond acceptors (Lipinski definition) is 4. The molecule has 0 saturated carbocycles. The van der Waals surface area contributed by atoms with E-state index in [-0.39, 0.29) is 42.3 Å². The maximum atomic E-state index is 12.7. The van der Waals surface area contributed by atoms with Crippen LogP contribution < -0.4 is 5.32 Å². The predicted molar refractivity (Wildman–Crippen MR) is 118 cm³/mol. The molecule has 1 unspecified atom stereocenters. The van der Waals surface area contributed by atoms with Crippen LogP contribution in [0, 0.1) is 0 Å². The van der Waals surface area contributed by atoms with Gasteiger partial charge in [0.15, 0.2) is 0 Å². The van der Waals surface area contributed by atoms with Crippen molar-refractivity contribution in [2.75, 3.05) is 13.2 Å². The third-order valence-corrected chi connectivity index (χ3v) is 5.83. The number of hydrogen-bond donors (Lipinski definition) is 4. The summed E-state index contributed by atoms with van der Waals surface area (Å²) < 4.78 is 0. The summed E-state index contributed by atoms with van der Waals surface area (Å²) in [5.41, 5.74) is 1.35. The topological polar surface area (TPSA) is 89.8 Å². The molecule has 0 saturated heterocycles. The van der Waals surface area contributed by atoms with Crippen LogP contribution in [0.1, 0.15) is 97.3 Å². The predicted octanol–water partition coefficient (Wildman–Crippen LogP) is 4.12. The van der Waals surface area contributed by atoms with Crippen LogP contribution in [0.5, 0.6) is 5.75 Å². The molecule has 1 atom stereocenters. The molecule has 0 bridgehead atoms. The molecule has 0 spiro atoms. The monoisotopic (exact) mass is 407 g/mol. The van der Waals surface area contributed by atoms with E-state index in [2.05, 4.69) is 46.9 Å². The summed E-state index contributed by atoms with van der Waals surface area (Å²) >= 11 is 0. The lowest BCUT2D eigenvalue weighted by Crippen LogP contribution is -2.54. The minimum atomic E-state index is -0.989. The van der Waals surface area contributed by atoms with Crippen LogP contribution in [0.15, 0.2) is 12.1 Å². The van der Waals surface area contributed by atoms with Crippen molar-refractivity contribution in [2.45, 2.75) is 96.9 Å². The fourth-order valence-corrected chi connectivity index (χ4v) is 3.55. The molecule has 0 fully saturated rings. The molecule has 0 heterocycles. The number of amides is 1. The van der Waals surface area contributed by atoms with Gasteiger partial charge < -0.3 is 20.6 Å². The van der Waals surface area contributed by atoms with Gasteiger partial charge in [-0.1, -0.05) is 67.5 Å². The van der Waals surface area contributed by atoms with Gasteiger partial charge in [0, 0.05) is 6.42 Å². The second-order valence-corrected chi connectivity index (χ2v) is 10.3. The summed E-state index contributed by atoms with van der Waals surface area (Å²) in [6.45, 7) is 15.7. The maximum absolute atomic E-state index is 12.7. The number of phenolic OH excluding ortho intramolecular Hbond substituents is 1. The number of nitrogens with one attached hydrogen (secondary N) is 1. The van der Waals surface area contributed by atoms with Crippen LogP contribution in [0.4, 0.5) is 0 Å². The lowest BCUT2D eigenvalue weighted by Gasteiger charge is -2.31. The van der Waals surface area contributed by atoms with Gasteiger partial charge >= 0.3 is 0 Å². The quantitative estimate of drug-likeness (QED) is 0.522. The first-order chi connectivity index (χ1) is 13.2. The van der Waals surface area contributed by atoms with E-state index in [4.69, 9.17) is 0 Å². The highest BCUT2D eigenvalue weighted by Crippen LogP contribution is 2.42. The van der Waals surface area contributed by atoms with E-state index >= 15 is 0 Å². The van der Waals surface area contributed by atoms with Gasteiger partial charge in [0.1, 0.15) is 5.75 Å². The number of benzene rings is 1. The summed E-state index contributed by atoms with van der Waals surface area (Å²) in [4.78, 5) is 12.7. The van der Waals surface area contributed by atoms with Crippen LogP contribution in [0.3, 0.4) is 0 Å². The summed E-state index contributed by atoms with van der Waals surface area (Å²) in [6.07, 6.45) is 1.48. The van der Waals surface area contributed by atoms with Crippen molar-refractivity contribution in [3.8, 4) is 5.75 Å². The molecule has 0 radical (unpaired) electrons. The summed E-state index contributed by atoms with van der Waals surface area (Å²) in [7, 11) is 0. The molecule has 5 heteroatoms. The molecule has 0 aliphatic rings. The first kappa shape index (κ1) is 25.4. The average molecular weight is 408 g/mol. The van der Waals surface area contributed by atoms with Crippen molar-refractivity contribution in [2.24, 2.45) is 0 Å². The number of phenols is 1. The fourth-order valence-electron chi connectivity index (χ4n) is 3.55. The Morgan fingerprint density at radius 3 is 1.72 bits per heavy atom. The highest BCUT2D eigenvalue weighted by Gasteiger charge is 2.31. The smallest absolute Gasteiger partial charge is 0.221 e. The minimum absolute atomic E-state index is 0.0234. The Balaban J connectivity index is 3.33. The Morgan fingerprint density at radius 1 is 0.966 bits per heavy atom. The zero-order valence-electron chi connectivity index (χ0n) is 19.5. The van der Waals surface area contributed by atoms with Crippen molar-refractivity contribution in [1.82, 2.24) is 5.32 Å². The molecule has 1 rings (SSSR count). The zero-order valence-corrected chi connectivity index (χ0v) is 19.5. The van der Waals surface area contributed by atoms with Gasteiger partial charge in [-0.2, -0.15) is 0 Å². The maximum Gasteiger partial charge on any atom is 0.221 e. The van der Waals surface area contributed by atoms with Gasteiger partial charge in [0.2, 0.25) is 5.91 Å². The van der Waals surface area contributed by atoms with Crippen LogP contribution in [0.25, 0.3) is 0 Å². The van der Waals surface area contributed by atoms with Crippen molar-refractivity contribution < 1.29 is 20.1 Å². The number of carbonyl (C=O) groups is 1. The second-order valence-electron chi connectivity index (χ2n) is 10.3. The van der Waals surface area contributed by atoms with Crippen LogP contribution >= 0.6 is 0 Å². The number of aliphatic hydroxyl groups excluding tert-OH is 2. The molecule has 0 aliphatic carbocycles. The normalized spacial score (nSPS) is 14.0. The van der Waals surface area contributed by atoms with Gasteiger partial charge in [-0.25, -0.2) is 0 Å². The van der Waals surface area contributed by atoms with E-state index < -0.39 is 5.54 Å². The van der Waals surface area contributed by atoms with Gasteiger partial charge in [0.25, 0.3) is 0 Å². The summed E-state index contributed by atoms with van der Waals surface area (Å²) in [5, 5.41) is 33.0. The average Bonchev–Trinajstić information content (AvgIpc) is 2.62. The van der Waals surface area contributed by atoms with Crippen molar-refractivity contribution in [3.63, 3.8) is 0 Å². The number of rotatable bonds is 8. The summed E-state index contributed by atoms with van der Waals surface area (Å²) in [5.74, 6) is 0.118. The SMILES string of the molecule is CCC(CC(=O)NC(CC)(CO)CO)c1cc(C(C)(C)C)c(O)c(C(C)(C)C)c1. The van der Waals surface area contributed by atoms with E-state index in [1.165, 1.54) is 0 Å². The number of aromatic hydroxyl groups is 1. The highest BCUT2D eigenvalue weighted by molar-refractivity contribution is 5.78. The second kappa shape index (κ2) is 9.48. The van der Waals surface area contributed by atoms with Crippen molar-refractivity contribution in [3.05, 3.63) is 28.8 Å². The first-order valence-electron chi connectivity index (χ1n) is 10.6. The van der Waals surface area contributed by atoms with E-state index in [9.17, 15) is 20.1 Å². The van der Waals surface area contributed by atoms with E-state index in [1.54, 1.807) is 0 Å². The Hall–Kier alpha value is -1.59. The largest absolute Gasteiger partial charge is 0.507 e. The number of carbonyl (C=O) groups excluding carboxylic acids is 1. The molecule has 1 aromatic carbocycles. The molecule has 0 aromatic heterocycles. The van der Waals surface area contributed by atoms with Crippen molar-refractivity contribution in [1.29, 1.82) is 0 Å². The van der Waals surface area contributed by atoms with E-state index in [0.717, 1.165) is 23.1 Å². The van der Waals surface area contributed by atoms with Gasteiger partial charge in [-0.15, -0.1) is 0 Å². The molecular formula is C24H41NO4. The van der Waals surface area contributed by atoms with E-state index in [0.29, 0.717) is 12.2 Å². The third kappa shape index (κ3) is 6.19. The molecule has 1 amide bonds. The molecule has 0 aliphatic heterocycles. The Morgan fingerprint density at radius 2 is 1.41 bits per heavy atom. The standard InChI is InChI=1S/C24H41NO4/c1-9-16(13-20(28)25-24(10-2,14-26)15-27)17-11-18(22(3,4)5)21(29)19(12-17)23(6,7)8/h11-12,16,26-27,29H,9-10,13-15H2,1-8H3,(H,25,28). The molecular weight excluding hydrogens is 366 g/mol. The van der Waals surface area contributed by atoms with Gasteiger partial charge in [-0.3, -0.25) is 4.79 Å². The van der Waals surface area contributed by atoms with Gasteiger partial charge in [-0.05, 0) is 46.3 Å². The minimum Gasteiger partial charge on any atom is -0.507 e. The highest BCUT2D eigenvalue weighted by atomic mass is 16.3. The Kier molecular flexibility index (Phi) is 8.32. The molecule has 1 aromatic rings. The number of aliphatic hydroxyl groups is 2. The fraction of sp³-hybridized carbons (Fsp3) is 0.708. The van der Waals surface area contributed by atoms with Gasteiger partial charge in [0.05, 0.1) is 18.8 Å². The Bertz CT molecular complexity index is 651. The lowest BCUT2D eigenvalue weighted by molar-refractivity contribution is -0.124. The van der Waals surface area contributed by atoms with Crippen LogP contribution in [-0.2, 0) is 15.6 Å². The zero-order chi connectivity index (χ0) is 22.6. The third-order valence-electron chi connectivity index (χ3n) is 5.83. The first-order valence-corrected chi connectivity index (χ1v) is 10.6. The lowest BCUT2D eigenvalue weighted by atomic mass is 9.76. The molecule has 29 heavy (non-hydrogen) atoms.